The first-order chi connectivity index (χ1) is 22.4. The zero-order chi connectivity index (χ0) is 34.4. The molecule has 0 amide bonds. The molecule has 1 spiro atoms. The van der Waals surface area contributed by atoms with Crippen LogP contribution in [0.25, 0.3) is 33.5 Å². The second-order valence-corrected chi connectivity index (χ2v) is 8.36. The predicted octanol–water partition coefficient (Wildman–Crippen LogP) is 14.3. The molecule has 0 radical (unpaired) electrons. The van der Waals surface area contributed by atoms with Crippen molar-refractivity contribution in [3.05, 3.63) is 138 Å². The minimum absolute atomic E-state index is 0.288. The highest BCUT2D eigenvalue weighted by Gasteiger charge is 2.51. The van der Waals surface area contributed by atoms with E-state index in [9.17, 15) is 0 Å². The highest BCUT2D eigenvalue weighted by Crippen LogP contribution is 2.62. The highest BCUT2D eigenvalue weighted by atomic mass is 14.7. The lowest BCUT2D eigenvalue weighted by Crippen LogP contribution is -2.25. The van der Waals surface area contributed by atoms with E-state index in [4.69, 9.17) is 0 Å². The van der Waals surface area contributed by atoms with Gasteiger partial charge < -0.3 is 0 Å². The molecule has 0 N–H and O–H groups in total. The summed E-state index contributed by atoms with van der Waals surface area (Å²) in [5, 5.41) is 0. The van der Waals surface area contributed by atoms with E-state index in [-0.39, 0.29) is 5.41 Å². The Balaban J connectivity index is 0.00000123. The van der Waals surface area contributed by atoms with Crippen LogP contribution in [0.5, 0.6) is 0 Å². The van der Waals surface area contributed by atoms with E-state index in [0.717, 1.165) is 11.3 Å². The van der Waals surface area contributed by atoms with Gasteiger partial charge in [-0.1, -0.05) is 188 Å². The summed E-state index contributed by atoms with van der Waals surface area (Å²) in [6.07, 6.45) is 1.87. The minimum Gasteiger partial charge on any atom is -0.256 e. The van der Waals surface area contributed by atoms with E-state index < -0.39 is 0 Å². The summed E-state index contributed by atoms with van der Waals surface area (Å²) in [5.74, 6) is 0. The average molecular weight is 604 g/mol. The van der Waals surface area contributed by atoms with Crippen LogP contribution in [0, 0.1) is 0 Å². The largest absolute Gasteiger partial charge is 0.256 e. The quantitative estimate of drug-likeness (QED) is 0.182. The van der Waals surface area contributed by atoms with E-state index >= 15 is 0 Å². The van der Waals surface area contributed by atoms with Crippen LogP contribution in [0.2, 0.25) is 0 Å². The first-order valence-corrected chi connectivity index (χ1v) is 17.7. The molecule has 1 heteroatoms. The molecule has 1 aromatic heterocycles. The van der Waals surface area contributed by atoms with Gasteiger partial charge >= 0.3 is 0 Å². The zero-order valence-corrected chi connectivity index (χ0v) is 30.9. The molecule has 0 bridgehead atoms. The highest BCUT2D eigenvalue weighted by molar-refractivity contribution is 5.95. The Kier molecular flexibility index (Phi) is 20.5. The molecule has 2 aliphatic rings. The molecule has 4 aromatic carbocycles. The van der Waals surface area contributed by atoms with Gasteiger partial charge in [-0.15, -0.1) is 0 Å². The number of rotatable bonds is 1. The summed E-state index contributed by atoms with van der Waals surface area (Å²) in [7, 11) is 0. The topological polar surface area (TPSA) is 12.9 Å². The van der Waals surface area contributed by atoms with Crippen LogP contribution in [0.1, 0.15) is 119 Å². The van der Waals surface area contributed by atoms with Crippen LogP contribution >= 0.6 is 0 Å². The van der Waals surface area contributed by atoms with E-state index in [1.165, 1.54) is 44.5 Å². The first kappa shape index (κ1) is 41.0. The fraction of sp³-hybridized carbons (Fsp3) is 0.341. The van der Waals surface area contributed by atoms with Gasteiger partial charge in [-0.25, -0.2) is 0 Å². The lowest BCUT2D eigenvalue weighted by molar-refractivity contribution is 0.794. The van der Waals surface area contributed by atoms with Crippen LogP contribution in [0.4, 0.5) is 0 Å². The van der Waals surface area contributed by atoms with Crippen LogP contribution in [0.3, 0.4) is 0 Å². The molecule has 0 saturated carbocycles. The smallest absolute Gasteiger partial charge is 0.0725 e. The summed E-state index contributed by atoms with van der Waals surface area (Å²) in [4.78, 5) is 4.63. The van der Waals surface area contributed by atoms with Gasteiger partial charge in [-0.2, -0.15) is 0 Å². The van der Waals surface area contributed by atoms with E-state index in [1.807, 2.05) is 109 Å². The second-order valence-electron chi connectivity index (χ2n) is 8.36. The van der Waals surface area contributed by atoms with Crippen molar-refractivity contribution in [2.24, 2.45) is 0 Å². The van der Waals surface area contributed by atoms with Crippen molar-refractivity contribution in [1.29, 1.82) is 0 Å². The number of hydrogen-bond acceptors (Lipinski definition) is 1. The Morgan fingerprint density at radius 2 is 0.711 bits per heavy atom. The molecule has 1 nitrogen and oxygen atoms in total. The molecule has 45 heavy (non-hydrogen) atoms. The number of aromatic nitrogens is 1. The number of benzene rings is 4. The third kappa shape index (κ3) is 7.82. The maximum absolute atomic E-state index is 4.63. The van der Waals surface area contributed by atoms with E-state index in [0.29, 0.717) is 0 Å². The van der Waals surface area contributed by atoms with Crippen molar-refractivity contribution in [2.75, 3.05) is 0 Å². The standard InChI is InChI=1S/C30H19N.7C2H6/c1-4-12-25-21(9-1)22-10-2-5-13-26(22)30(25)27-14-6-3-11-23(27)24-17-16-20(19-28(24)30)29-15-7-8-18-31-29;7*1-2/h1-19H;7*1-2H3. The fourth-order valence-corrected chi connectivity index (χ4v) is 5.79. The van der Waals surface area contributed by atoms with Gasteiger partial charge in [0.25, 0.3) is 0 Å². The SMILES string of the molecule is CC.CC.CC.CC.CC.CC.CC.c1ccc(-c2ccc3c(c2)C2(c4ccccc4-c4ccccc42)c2ccccc2-3)nc1. The van der Waals surface area contributed by atoms with Gasteiger partial charge in [0.05, 0.1) is 11.1 Å². The molecule has 7 rings (SSSR count). The van der Waals surface area contributed by atoms with Gasteiger partial charge in [0.1, 0.15) is 0 Å². The average Bonchev–Trinajstić information content (AvgIpc) is 3.65. The number of pyridine rings is 1. The summed E-state index contributed by atoms with van der Waals surface area (Å²) in [6, 6.07) is 39.7. The van der Waals surface area contributed by atoms with Crippen LogP contribution in [0.15, 0.2) is 115 Å². The van der Waals surface area contributed by atoms with Crippen LogP contribution in [-0.2, 0) is 5.41 Å². The van der Waals surface area contributed by atoms with Crippen LogP contribution in [-0.4, -0.2) is 4.98 Å². The second kappa shape index (κ2) is 22.5. The van der Waals surface area contributed by atoms with Gasteiger partial charge in [0, 0.05) is 11.8 Å². The lowest BCUT2D eigenvalue weighted by Gasteiger charge is -2.30. The van der Waals surface area contributed by atoms with Crippen LogP contribution < -0.4 is 0 Å². The van der Waals surface area contributed by atoms with Crippen molar-refractivity contribution < 1.29 is 0 Å². The Labute approximate surface area is 277 Å². The third-order valence-corrected chi connectivity index (χ3v) is 6.96. The Morgan fingerprint density at radius 1 is 0.356 bits per heavy atom. The molecular formula is C44H61N. The molecule has 2 aliphatic carbocycles. The van der Waals surface area contributed by atoms with E-state index in [2.05, 4.69) is 108 Å². The van der Waals surface area contributed by atoms with Crippen molar-refractivity contribution in [1.82, 2.24) is 4.98 Å². The predicted molar refractivity (Wildman–Crippen MR) is 205 cm³/mol. The monoisotopic (exact) mass is 603 g/mol. The van der Waals surface area contributed by atoms with Crippen molar-refractivity contribution in [2.45, 2.75) is 102 Å². The number of fused-ring (bicyclic) bond motifs is 10. The third-order valence-electron chi connectivity index (χ3n) is 6.96. The minimum atomic E-state index is -0.288. The maximum Gasteiger partial charge on any atom is 0.0725 e. The Hall–Kier alpha value is -3.97. The molecule has 0 fully saturated rings. The molecule has 1 heterocycles. The summed E-state index contributed by atoms with van der Waals surface area (Å²) in [6.45, 7) is 28.0. The molecule has 242 valence electrons. The molecule has 0 saturated heterocycles. The molecular weight excluding hydrogens is 542 g/mol. The maximum atomic E-state index is 4.63. The normalized spacial score (nSPS) is 10.6. The zero-order valence-electron chi connectivity index (χ0n) is 30.9. The Morgan fingerprint density at radius 3 is 1.09 bits per heavy atom. The number of nitrogens with zero attached hydrogens (tertiary/aromatic N) is 1. The van der Waals surface area contributed by atoms with Crippen molar-refractivity contribution in [3.8, 4) is 33.5 Å². The summed E-state index contributed by atoms with van der Waals surface area (Å²) < 4.78 is 0. The molecule has 0 unspecified atom stereocenters. The Bertz CT molecular complexity index is 1420. The molecule has 0 atom stereocenters. The van der Waals surface area contributed by atoms with Crippen molar-refractivity contribution >= 4 is 0 Å². The first-order valence-electron chi connectivity index (χ1n) is 17.7. The van der Waals surface area contributed by atoms with Gasteiger partial charge in [0.15, 0.2) is 0 Å². The van der Waals surface area contributed by atoms with Crippen molar-refractivity contribution in [3.63, 3.8) is 0 Å². The van der Waals surface area contributed by atoms with E-state index in [1.54, 1.807) is 0 Å². The molecule has 5 aromatic rings. The fourth-order valence-electron chi connectivity index (χ4n) is 5.79. The molecule has 0 aliphatic heterocycles. The summed E-state index contributed by atoms with van der Waals surface area (Å²) >= 11 is 0. The van der Waals surface area contributed by atoms with Gasteiger partial charge in [0.2, 0.25) is 0 Å². The number of hydrogen-bond donors (Lipinski definition) is 0. The summed E-state index contributed by atoms with van der Waals surface area (Å²) in [5.41, 5.74) is 12.7. The lowest BCUT2D eigenvalue weighted by atomic mass is 9.70. The van der Waals surface area contributed by atoms with Gasteiger partial charge in [-0.05, 0) is 62.7 Å². The van der Waals surface area contributed by atoms with Gasteiger partial charge in [-0.3, -0.25) is 4.98 Å².